The van der Waals surface area contributed by atoms with Crippen LogP contribution in [0.2, 0.25) is 0 Å². The summed E-state index contributed by atoms with van der Waals surface area (Å²) in [4.78, 5) is 10.1. The van der Waals surface area contributed by atoms with Crippen LogP contribution in [0.1, 0.15) is 6.42 Å². The second-order valence-corrected chi connectivity index (χ2v) is 6.14. The largest absolute Gasteiger partial charge is 0.480 e. The lowest BCUT2D eigenvalue weighted by Gasteiger charge is -2.02. The van der Waals surface area contributed by atoms with E-state index < -0.39 is 21.8 Å². The van der Waals surface area contributed by atoms with Crippen molar-refractivity contribution in [3.63, 3.8) is 0 Å². The van der Waals surface area contributed by atoms with E-state index in [1.165, 1.54) is 0 Å². The number of hydrogen-bond donors (Lipinski definition) is 2. The van der Waals surface area contributed by atoms with E-state index in [2.05, 4.69) is 0 Å². The van der Waals surface area contributed by atoms with Gasteiger partial charge in [0.15, 0.2) is 0 Å². The quantitative estimate of drug-likeness (QED) is 0.710. The van der Waals surface area contributed by atoms with Gasteiger partial charge in [-0.25, -0.2) is 8.42 Å². The molecule has 0 aromatic heterocycles. The van der Waals surface area contributed by atoms with E-state index >= 15 is 0 Å². The molecule has 5 nitrogen and oxygen atoms in total. The highest BCUT2D eigenvalue weighted by atomic mass is 32.2. The minimum Gasteiger partial charge on any atom is -0.480 e. The smallest absolute Gasteiger partial charge is 0.320 e. The number of sulfone groups is 1. The van der Waals surface area contributed by atoms with E-state index in [1.54, 1.807) is 11.8 Å². The SMILES string of the molecule is CS(C)(=O)=O.CSCCC(N)C(=O)O. The molecule has 0 radical (unpaired) electrons. The normalized spacial score (nSPS) is 12.6. The average molecular weight is 243 g/mol. The van der Waals surface area contributed by atoms with Gasteiger partial charge in [0.1, 0.15) is 15.9 Å². The van der Waals surface area contributed by atoms with Crippen LogP contribution in [0, 0.1) is 0 Å². The number of aliphatic carboxylic acids is 1. The molecule has 14 heavy (non-hydrogen) atoms. The van der Waals surface area contributed by atoms with Crippen LogP contribution in [0.3, 0.4) is 0 Å². The topological polar surface area (TPSA) is 97.5 Å². The molecule has 0 amide bonds. The minimum absolute atomic E-state index is 0.552. The van der Waals surface area contributed by atoms with Crippen molar-refractivity contribution in [2.24, 2.45) is 5.73 Å². The highest BCUT2D eigenvalue weighted by molar-refractivity contribution is 7.98. The van der Waals surface area contributed by atoms with Crippen LogP contribution in [0.15, 0.2) is 0 Å². The summed E-state index contributed by atoms with van der Waals surface area (Å²) >= 11 is 1.60. The molecule has 1 atom stereocenters. The van der Waals surface area contributed by atoms with Gasteiger partial charge in [0, 0.05) is 12.5 Å². The van der Waals surface area contributed by atoms with Crippen LogP contribution in [0.5, 0.6) is 0 Å². The fourth-order valence-electron chi connectivity index (χ4n) is 0.368. The highest BCUT2D eigenvalue weighted by Gasteiger charge is 2.08. The molecule has 0 fully saturated rings. The summed E-state index contributed by atoms with van der Waals surface area (Å²) in [5.41, 5.74) is 5.19. The summed E-state index contributed by atoms with van der Waals surface area (Å²) in [6, 6.07) is -0.683. The molecule has 3 N–H and O–H groups in total. The predicted molar refractivity (Wildman–Crippen MR) is 59.4 cm³/mol. The zero-order valence-electron chi connectivity index (χ0n) is 8.56. The third-order valence-electron chi connectivity index (χ3n) is 0.950. The number of nitrogens with two attached hydrogens (primary N) is 1. The average Bonchev–Trinajstić information content (AvgIpc) is 1.96. The molecule has 0 spiro atoms. The van der Waals surface area contributed by atoms with Crippen molar-refractivity contribution in [1.29, 1.82) is 0 Å². The first-order chi connectivity index (χ1) is 6.18. The van der Waals surface area contributed by atoms with Gasteiger partial charge in [-0.15, -0.1) is 0 Å². The Morgan fingerprint density at radius 3 is 2.07 bits per heavy atom. The Labute approximate surface area is 89.0 Å². The van der Waals surface area contributed by atoms with E-state index in [-0.39, 0.29) is 0 Å². The minimum atomic E-state index is -2.67. The molecule has 0 aromatic carbocycles. The first kappa shape index (κ1) is 16.2. The van der Waals surface area contributed by atoms with Crippen molar-refractivity contribution < 1.29 is 18.3 Å². The third-order valence-corrected chi connectivity index (χ3v) is 1.59. The second kappa shape index (κ2) is 8.07. The molecule has 0 bridgehead atoms. The fourth-order valence-corrected chi connectivity index (χ4v) is 0.858. The standard InChI is InChI=1S/C5H11NO2S.C2H6O2S/c1-9-3-2-4(6)5(7)8;1-5(2,3)4/h4H,2-3,6H2,1H3,(H,7,8);1-2H3. The van der Waals surface area contributed by atoms with Crippen molar-refractivity contribution in [3.05, 3.63) is 0 Å². The summed E-state index contributed by atoms with van der Waals surface area (Å²) in [7, 11) is -2.67. The molecule has 0 saturated heterocycles. The number of carbonyl (C=O) groups is 1. The summed E-state index contributed by atoms with van der Waals surface area (Å²) in [5.74, 6) is -0.1000. The van der Waals surface area contributed by atoms with Crippen LogP contribution in [-0.2, 0) is 14.6 Å². The molecular formula is C7H17NO4S2. The lowest BCUT2D eigenvalue weighted by molar-refractivity contribution is -0.138. The zero-order chi connectivity index (χ0) is 11.8. The Morgan fingerprint density at radius 1 is 1.50 bits per heavy atom. The number of carboxylic acids is 1. The maximum absolute atomic E-state index is 10.1. The Balaban J connectivity index is 0. The van der Waals surface area contributed by atoms with Crippen LogP contribution in [0.4, 0.5) is 0 Å². The molecule has 1 unspecified atom stereocenters. The summed E-state index contributed by atoms with van der Waals surface area (Å²) in [5, 5.41) is 8.27. The predicted octanol–water partition coefficient (Wildman–Crippen LogP) is -0.188. The van der Waals surface area contributed by atoms with E-state index in [0.29, 0.717) is 6.42 Å². The Bertz CT molecular complexity index is 242. The maximum Gasteiger partial charge on any atom is 0.320 e. The van der Waals surface area contributed by atoms with Crippen molar-refractivity contribution >= 4 is 27.6 Å². The van der Waals surface area contributed by atoms with Gasteiger partial charge in [-0.1, -0.05) is 0 Å². The second-order valence-electron chi connectivity index (χ2n) is 2.87. The number of rotatable bonds is 4. The van der Waals surface area contributed by atoms with Crippen molar-refractivity contribution in [2.75, 3.05) is 24.5 Å². The number of carboxylic acid groups (broad SMARTS) is 1. The van der Waals surface area contributed by atoms with E-state index in [1.807, 2.05) is 6.26 Å². The van der Waals surface area contributed by atoms with Gasteiger partial charge >= 0.3 is 5.97 Å². The van der Waals surface area contributed by atoms with Crippen LogP contribution in [0.25, 0.3) is 0 Å². The molecule has 0 aliphatic rings. The van der Waals surface area contributed by atoms with E-state index in [0.717, 1.165) is 18.3 Å². The molecule has 0 heterocycles. The highest BCUT2D eigenvalue weighted by Crippen LogP contribution is 1.97. The monoisotopic (exact) mass is 243 g/mol. The fraction of sp³-hybridized carbons (Fsp3) is 0.857. The van der Waals surface area contributed by atoms with Gasteiger partial charge < -0.3 is 10.8 Å². The Morgan fingerprint density at radius 2 is 1.86 bits per heavy atom. The van der Waals surface area contributed by atoms with Gasteiger partial charge in [-0.3, -0.25) is 4.79 Å². The van der Waals surface area contributed by atoms with Gasteiger partial charge in [0.2, 0.25) is 0 Å². The first-order valence-corrected chi connectivity index (χ1v) is 7.50. The van der Waals surface area contributed by atoms with Crippen LogP contribution < -0.4 is 5.73 Å². The van der Waals surface area contributed by atoms with E-state index in [4.69, 9.17) is 10.8 Å². The van der Waals surface area contributed by atoms with Crippen LogP contribution >= 0.6 is 11.8 Å². The molecule has 0 aliphatic carbocycles. The molecular weight excluding hydrogens is 226 g/mol. The Kier molecular flexibility index (Phi) is 9.32. The molecule has 0 rings (SSSR count). The lowest BCUT2D eigenvalue weighted by atomic mass is 10.2. The molecule has 0 saturated carbocycles. The van der Waals surface area contributed by atoms with Crippen LogP contribution in [-0.4, -0.2) is 50.1 Å². The van der Waals surface area contributed by atoms with Crippen molar-refractivity contribution in [3.8, 4) is 0 Å². The van der Waals surface area contributed by atoms with E-state index in [9.17, 15) is 13.2 Å². The zero-order valence-corrected chi connectivity index (χ0v) is 10.2. The van der Waals surface area contributed by atoms with Gasteiger partial charge in [-0.05, 0) is 18.4 Å². The van der Waals surface area contributed by atoms with Gasteiger partial charge in [0.05, 0.1) is 0 Å². The van der Waals surface area contributed by atoms with Gasteiger partial charge in [0.25, 0.3) is 0 Å². The van der Waals surface area contributed by atoms with Crippen molar-refractivity contribution in [2.45, 2.75) is 12.5 Å². The van der Waals surface area contributed by atoms with Crippen molar-refractivity contribution in [1.82, 2.24) is 0 Å². The number of hydrogen-bond acceptors (Lipinski definition) is 5. The Hall–Kier alpha value is -0.270. The summed E-state index contributed by atoms with van der Waals surface area (Å²) in [6.45, 7) is 0. The maximum atomic E-state index is 10.1. The molecule has 0 aromatic rings. The summed E-state index contributed by atoms with van der Waals surface area (Å²) in [6.07, 6.45) is 4.80. The molecule has 0 aliphatic heterocycles. The first-order valence-electron chi connectivity index (χ1n) is 3.80. The summed E-state index contributed by atoms with van der Waals surface area (Å²) < 4.78 is 19.3. The number of thioether (sulfide) groups is 1. The molecule has 7 heteroatoms. The lowest BCUT2D eigenvalue weighted by Crippen LogP contribution is -2.30. The van der Waals surface area contributed by atoms with Gasteiger partial charge in [-0.2, -0.15) is 11.8 Å². The third kappa shape index (κ3) is 22.6. The molecule has 86 valence electrons.